The Morgan fingerprint density at radius 2 is 1.81 bits per heavy atom. The highest BCUT2D eigenvalue weighted by Gasteiger charge is 2.13. The highest BCUT2D eigenvalue weighted by molar-refractivity contribution is 8.03. The molecule has 86 valence electrons. The average Bonchev–Trinajstić information content (AvgIpc) is 2.63. The van der Waals surface area contributed by atoms with E-state index in [1.165, 1.54) is 49.0 Å². The van der Waals surface area contributed by atoms with Gasteiger partial charge in [-0.25, -0.2) is 0 Å². The Balaban J connectivity index is 1.96. The number of thioether (sulfide) groups is 1. The molecule has 2 rings (SSSR count). The first kappa shape index (κ1) is 11.8. The molecule has 0 spiro atoms. The fraction of sp³-hybridized carbons (Fsp3) is 0.533. The second-order valence-corrected chi connectivity index (χ2v) is 6.04. The van der Waals surface area contributed by atoms with E-state index < -0.39 is 0 Å². The Hall–Kier alpha value is -0.650. The largest absolute Gasteiger partial charge is 0.122 e. The van der Waals surface area contributed by atoms with Gasteiger partial charge in [-0.05, 0) is 43.6 Å². The zero-order valence-electron chi connectivity index (χ0n) is 10.0. The summed E-state index contributed by atoms with van der Waals surface area (Å²) in [4.78, 5) is 1.38. The molecule has 1 heteroatoms. The molecule has 0 bridgehead atoms. The van der Waals surface area contributed by atoms with E-state index in [1.807, 2.05) is 11.8 Å². The number of rotatable bonds is 2. The molecule has 0 aromatic rings. The van der Waals surface area contributed by atoms with Gasteiger partial charge in [0.2, 0.25) is 0 Å². The van der Waals surface area contributed by atoms with Crippen molar-refractivity contribution in [3.05, 3.63) is 40.5 Å². The van der Waals surface area contributed by atoms with Gasteiger partial charge in [0.25, 0.3) is 0 Å². The van der Waals surface area contributed by atoms with Crippen LogP contribution in [-0.2, 0) is 0 Å². The normalized spacial score (nSPS) is 22.3. The molecule has 0 radical (unpaired) electrons. The van der Waals surface area contributed by atoms with Gasteiger partial charge in [0.1, 0.15) is 0 Å². The van der Waals surface area contributed by atoms with Crippen LogP contribution in [0.25, 0.3) is 0 Å². The van der Waals surface area contributed by atoms with Crippen LogP contribution in [0.5, 0.6) is 0 Å². The Bertz CT molecular complexity index is 346. The van der Waals surface area contributed by atoms with E-state index in [2.05, 4.69) is 37.0 Å². The van der Waals surface area contributed by atoms with Gasteiger partial charge in [-0.15, -0.1) is 17.5 Å². The first-order valence-corrected chi connectivity index (χ1v) is 7.20. The topological polar surface area (TPSA) is 0 Å². The highest BCUT2D eigenvalue weighted by atomic mass is 32.2. The molecule has 1 saturated carbocycles. The monoisotopic (exact) mass is 232 g/mol. The van der Waals surface area contributed by atoms with Crippen LogP contribution in [-0.4, -0.2) is 5.25 Å². The first-order chi connectivity index (χ1) is 7.84. The molecule has 0 heterocycles. The molecule has 0 aliphatic heterocycles. The van der Waals surface area contributed by atoms with Crippen LogP contribution in [0, 0.1) is 0 Å². The third-order valence-corrected chi connectivity index (χ3v) is 4.48. The smallest absolute Gasteiger partial charge is 0.0152 e. The molecule has 2 aliphatic carbocycles. The molecule has 1 fully saturated rings. The number of hydrogen-bond acceptors (Lipinski definition) is 1. The number of allylic oxidation sites excluding steroid dienone is 4. The minimum Gasteiger partial charge on any atom is -0.122 e. The standard InChI is InChI=1S/C15H20S/c1-13-7-6-10-15(12-11-13)16-14-8-4-2-3-5-9-14/h7,10-12,14H,2-5,8-9H2,1H3. The summed E-state index contributed by atoms with van der Waals surface area (Å²) in [7, 11) is 0. The Labute approximate surface area is 103 Å². The van der Waals surface area contributed by atoms with Crippen molar-refractivity contribution in [1.29, 1.82) is 0 Å². The van der Waals surface area contributed by atoms with Crippen LogP contribution in [0.4, 0.5) is 0 Å². The predicted octanol–water partition coefficient (Wildman–Crippen LogP) is 5.00. The SMILES string of the molecule is CC1=CC=C(SC2CCCCCC2)C=C=C1. The molecule has 0 atom stereocenters. The van der Waals surface area contributed by atoms with E-state index in [9.17, 15) is 0 Å². The Morgan fingerprint density at radius 1 is 1.06 bits per heavy atom. The molecule has 0 amide bonds. The van der Waals surface area contributed by atoms with E-state index in [0.717, 1.165) is 5.25 Å². The van der Waals surface area contributed by atoms with Gasteiger partial charge >= 0.3 is 0 Å². The Morgan fingerprint density at radius 3 is 2.56 bits per heavy atom. The van der Waals surface area contributed by atoms with Crippen molar-refractivity contribution in [2.75, 3.05) is 0 Å². The third kappa shape index (κ3) is 3.73. The van der Waals surface area contributed by atoms with Gasteiger partial charge < -0.3 is 0 Å². The zero-order valence-corrected chi connectivity index (χ0v) is 10.9. The predicted molar refractivity (Wildman–Crippen MR) is 73.6 cm³/mol. The second-order valence-electron chi connectivity index (χ2n) is 4.67. The molecule has 0 N–H and O–H groups in total. The third-order valence-electron chi connectivity index (χ3n) is 3.15. The number of hydrogen-bond donors (Lipinski definition) is 0. The van der Waals surface area contributed by atoms with Gasteiger partial charge in [-0.1, -0.05) is 31.8 Å². The summed E-state index contributed by atoms with van der Waals surface area (Å²) < 4.78 is 0. The lowest BCUT2D eigenvalue weighted by Gasteiger charge is -2.13. The maximum atomic E-state index is 3.24. The van der Waals surface area contributed by atoms with Crippen LogP contribution in [0.2, 0.25) is 0 Å². The molecule has 0 nitrogen and oxygen atoms in total. The molecule has 2 aliphatic rings. The van der Waals surface area contributed by atoms with Crippen LogP contribution < -0.4 is 0 Å². The Kier molecular flexibility index (Phi) is 4.56. The first-order valence-electron chi connectivity index (χ1n) is 6.32. The fourth-order valence-corrected chi connectivity index (χ4v) is 3.43. The summed E-state index contributed by atoms with van der Waals surface area (Å²) in [5.74, 6) is 0. The lowest BCUT2D eigenvalue weighted by Crippen LogP contribution is -1.99. The van der Waals surface area contributed by atoms with Crippen molar-refractivity contribution in [3.63, 3.8) is 0 Å². The van der Waals surface area contributed by atoms with Crippen molar-refractivity contribution in [3.8, 4) is 0 Å². The van der Waals surface area contributed by atoms with Crippen LogP contribution in [0.3, 0.4) is 0 Å². The van der Waals surface area contributed by atoms with Crippen molar-refractivity contribution in [2.24, 2.45) is 0 Å². The van der Waals surface area contributed by atoms with Gasteiger partial charge in [0.15, 0.2) is 0 Å². The molecule has 0 unspecified atom stereocenters. The lowest BCUT2D eigenvalue weighted by molar-refractivity contribution is 0.702. The van der Waals surface area contributed by atoms with Crippen LogP contribution >= 0.6 is 11.8 Å². The quantitative estimate of drug-likeness (QED) is 0.477. The minimum absolute atomic E-state index is 0.832. The van der Waals surface area contributed by atoms with E-state index in [1.54, 1.807) is 0 Å². The summed E-state index contributed by atoms with van der Waals surface area (Å²) in [5, 5.41) is 0.832. The molecule has 0 saturated heterocycles. The molecule has 0 aromatic heterocycles. The summed E-state index contributed by atoms with van der Waals surface area (Å²) >= 11 is 2.05. The van der Waals surface area contributed by atoms with E-state index >= 15 is 0 Å². The summed E-state index contributed by atoms with van der Waals surface area (Å²) in [5.41, 5.74) is 4.53. The van der Waals surface area contributed by atoms with Gasteiger partial charge in [0.05, 0.1) is 0 Å². The summed E-state index contributed by atoms with van der Waals surface area (Å²) in [6, 6.07) is 0. The maximum Gasteiger partial charge on any atom is 0.0152 e. The fourth-order valence-electron chi connectivity index (χ4n) is 2.19. The maximum absolute atomic E-state index is 3.24. The van der Waals surface area contributed by atoms with Crippen molar-refractivity contribution >= 4 is 11.8 Å². The lowest BCUT2D eigenvalue weighted by atomic mass is 10.2. The van der Waals surface area contributed by atoms with Crippen LogP contribution in [0.15, 0.2) is 40.5 Å². The van der Waals surface area contributed by atoms with Crippen LogP contribution in [0.1, 0.15) is 45.4 Å². The van der Waals surface area contributed by atoms with Gasteiger partial charge in [-0.3, -0.25) is 0 Å². The minimum atomic E-state index is 0.832. The molecular formula is C15H20S. The second kappa shape index (κ2) is 6.18. The van der Waals surface area contributed by atoms with E-state index in [-0.39, 0.29) is 0 Å². The molecule has 0 aromatic carbocycles. The van der Waals surface area contributed by atoms with Crippen molar-refractivity contribution in [2.45, 2.75) is 50.7 Å². The molecular weight excluding hydrogens is 212 g/mol. The van der Waals surface area contributed by atoms with Gasteiger partial charge in [-0.2, -0.15) is 0 Å². The van der Waals surface area contributed by atoms with Gasteiger partial charge in [0, 0.05) is 10.2 Å². The van der Waals surface area contributed by atoms with Crippen molar-refractivity contribution < 1.29 is 0 Å². The summed E-state index contributed by atoms with van der Waals surface area (Å²) in [6.45, 7) is 2.12. The van der Waals surface area contributed by atoms with E-state index in [0.29, 0.717) is 0 Å². The molecule has 16 heavy (non-hydrogen) atoms. The summed E-state index contributed by atoms with van der Waals surface area (Å²) in [6.07, 6.45) is 17.1. The highest BCUT2D eigenvalue weighted by Crippen LogP contribution is 2.33. The van der Waals surface area contributed by atoms with Crippen molar-refractivity contribution in [1.82, 2.24) is 0 Å². The zero-order chi connectivity index (χ0) is 11.2. The average molecular weight is 232 g/mol. The van der Waals surface area contributed by atoms with E-state index in [4.69, 9.17) is 0 Å².